The van der Waals surface area contributed by atoms with Gasteiger partial charge in [-0.25, -0.2) is 0 Å². The zero-order valence-electron chi connectivity index (χ0n) is 13.2. The van der Waals surface area contributed by atoms with Crippen LogP contribution >= 0.6 is 11.6 Å². The number of halogens is 1. The van der Waals surface area contributed by atoms with Gasteiger partial charge in [-0.3, -0.25) is 9.78 Å². The average molecular weight is 345 g/mol. The van der Waals surface area contributed by atoms with Crippen LogP contribution in [0.2, 0.25) is 5.02 Å². The van der Waals surface area contributed by atoms with E-state index in [1.807, 2.05) is 36.4 Å². The van der Waals surface area contributed by atoms with E-state index in [0.29, 0.717) is 21.8 Å². The van der Waals surface area contributed by atoms with E-state index in [9.17, 15) is 10.1 Å². The van der Waals surface area contributed by atoms with Crippen LogP contribution in [0, 0.1) is 11.3 Å². The highest BCUT2D eigenvalue weighted by atomic mass is 35.5. The molecule has 0 saturated heterocycles. The highest BCUT2D eigenvalue weighted by Gasteiger charge is 2.09. The Morgan fingerprint density at radius 3 is 2.52 bits per heavy atom. The van der Waals surface area contributed by atoms with Crippen molar-refractivity contribution in [3.05, 3.63) is 88.2 Å². The second-order valence-electron chi connectivity index (χ2n) is 5.33. The molecule has 0 saturated carbocycles. The summed E-state index contributed by atoms with van der Waals surface area (Å²) in [6, 6.07) is 18.8. The molecule has 25 heavy (non-hydrogen) atoms. The van der Waals surface area contributed by atoms with E-state index in [1.165, 1.54) is 0 Å². The molecule has 1 aromatic heterocycles. The van der Waals surface area contributed by atoms with Crippen LogP contribution in [-0.4, -0.2) is 11.3 Å². The quantitative estimate of drug-likeness (QED) is 0.607. The Morgan fingerprint density at radius 1 is 1.04 bits per heavy atom. The van der Waals surface area contributed by atoms with Crippen LogP contribution in [0.1, 0.15) is 27.2 Å². The lowest BCUT2D eigenvalue weighted by Gasteiger charge is -2.06. The summed E-state index contributed by atoms with van der Waals surface area (Å²) in [5, 5.41) is 10.1. The zero-order chi connectivity index (χ0) is 17.6. The molecule has 0 N–H and O–H groups in total. The number of benzene rings is 2. The van der Waals surface area contributed by atoms with Gasteiger partial charge >= 0.3 is 0 Å². The summed E-state index contributed by atoms with van der Waals surface area (Å²) >= 11 is 6.18. The minimum absolute atomic E-state index is 0.471. The van der Waals surface area contributed by atoms with Crippen molar-refractivity contribution in [2.75, 3.05) is 0 Å². The lowest BCUT2D eigenvalue weighted by atomic mass is 9.99. The minimum atomic E-state index is 0.471. The molecular weight excluding hydrogens is 332 g/mol. The summed E-state index contributed by atoms with van der Waals surface area (Å²) in [6.45, 7) is 0. The molecule has 0 unspecified atom stereocenters. The molecule has 4 heteroatoms. The molecule has 0 spiro atoms. The van der Waals surface area contributed by atoms with Gasteiger partial charge in [0.05, 0.1) is 11.3 Å². The summed E-state index contributed by atoms with van der Waals surface area (Å²) in [5.41, 5.74) is 4.14. The van der Waals surface area contributed by atoms with E-state index in [4.69, 9.17) is 11.6 Å². The van der Waals surface area contributed by atoms with E-state index in [0.717, 1.165) is 23.0 Å². The number of nitrogens with zero attached hydrogens (tertiary/aromatic N) is 2. The third kappa shape index (κ3) is 3.65. The van der Waals surface area contributed by atoms with Gasteiger partial charge in [0.1, 0.15) is 12.4 Å². The Hall–Kier alpha value is -3.22. The van der Waals surface area contributed by atoms with E-state index in [1.54, 1.807) is 36.5 Å². The lowest BCUT2D eigenvalue weighted by molar-refractivity contribution is 0.112. The van der Waals surface area contributed by atoms with Crippen molar-refractivity contribution in [2.24, 2.45) is 0 Å². The Labute approximate surface area is 150 Å². The second-order valence-corrected chi connectivity index (χ2v) is 5.74. The fourth-order valence-corrected chi connectivity index (χ4v) is 2.75. The summed E-state index contributed by atoms with van der Waals surface area (Å²) < 4.78 is 0. The summed E-state index contributed by atoms with van der Waals surface area (Å²) in [4.78, 5) is 15.1. The monoisotopic (exact) mass is 344 g/mol. The maximum Gasteiger partial charge on any atom is 0.150 e. The molecule has 0 radical (unpaired) electrons. The van der Waals surface area contributed by atoms with Gasteiger partial charge in [0.25, 0.3) is 0 Å². The van der Waals surface area contributed by atoms with Crippen molar-refractivity contribution in [1.82, 2.24) is 4.98 Å². The number of nitriles is 1. The molecule has 0 aliphatic heterocycles. The molecule has 120 valence electrons. The number of pyridine rings is 1. The molecule has 3 rings (SSSR count). The molecule has 0 bridgehead atoms. The first-order valence-corrected chi connectivity index (χ1v) is 7.98. The van der Waals surface area contributed by atoms with Crippen molar-refractivity contribution in [3.63, 3.8) is 0 Å². The van der Waals surface area contributed by atoms with Gasteiger partial charge in [0.15, 0.2) is 0 Å². The third-order valence-electron chi connectivity index (χ3n) is 3.76. The van der Waals surface area contributed by atoms with Gasteiger partial charge in [-0.15, -0.1) is 0 Å². The van der Waals surface area contributed by atoms with Gasteiger partial charge in [-0.1, -0.05) is 60.1 Å². The maximum atomic E-state index is 10.8. The third-order valence-corrected chi connectivity index (χ3v) is 4.09. The Kier molecular flexibility index (Phi) is 5.03. The summed E-state index contributed by atoms with van der Waals surface area (Å²) in [7, 11) is 0. The normalized spacial score (nSPS) is 10.6. The van der Waals surface area contributed by atoms with Crippen molar-refractivity contribution < 1.29 is 4.79 Å². The predicted octanol–water partition coefficient (Wildman–Crippen LogP) is 5.26. The van der Waals surface area contributed by atoms with E-state index in [-0.39, 0.29) is 0 Å². The first kappa shape index (κ1) is 16.6. The van der Waals surface area contributed by atoms with Gasteiger partial charge in [-0.2, -0.15) is 5.26 Å². The highest BCUT2D eigenvalue weighted by molar-refractivity contribution is 6.32. The lowest BCUT2D eigenvalue weighted by Crippen LogP contribution is -1.92. The molecule has 0 aliphatic rings. The van der Waals surface area contributed by atoms with Crippen molar-refractivity contribution in [3.8, 4) is 17.2 Å². The smallest absolute Gasteiger partial charge is 0.150 e. The zero-order valence-corrected chi connectivity index (χ0v) is 13.9. The van der Waals surface area contributed by atoms with Crippen LogP contribution in [-0.2, 0) is 0 Å². The van der Waals surface area contributed by atoms with Gasteiger partial charge < -0.3 is 0 Å². The van der Waals surface area contributed by atoms with Crippen LogP contribution in [0.5, 0.6) is 0 Å². The molecule has 3 aromatic rings. The van der Waals surface area contributed by atoms with Gasteiger partial charge in [-0.05, 0) is 29.3 Å². The summed E-state index contributed by atoms with van der Waals surface area (Å²) in [5.74, 6) is 0. The molecule has 0 fully saturated rings. The number of carbonyl (C=O) groups excluding carboxylic acids is 1. The van der Waals surface area contributed by atoms with Crippen LogP contribution in [0.3, 0.4) is 0 Å². The van der Waals surface area contributed by atoms with Crippen molar-refractivity contribution >= 4 is 30.0 Å². The number of hydrogen-bond donors (Lipinski definition) is 0. The Balaban J connectivity index is 2.01. The molecule has 3 nitrogen and oxygen atoms in total. The van der Waals surface area contributed by atoms with Gasteiger partial charge in [0, 0.05) is 22.3 Å². The molecule has 1 heterocycles. The predicted molar refractivity (Wildman–Crippen MR) is 100 cm³/mol. The minimum Gasteiger partial charge on any atom is -0.298 e. The SMILES string of the molecule is N#Cc1c(-c2ccccc2)ccnc1/C=C/c1ccc(C=O)cc1Cl. The van der Waals surface area contributed by atoms with Crippen LogP contribution in [0.15, 0.2) is 60.8 Å². The molecular formula is C21H13ClN2O. The average Bonchev–Trinajstić information content (AvgIpc) is 2.67. The standard InChI is InChI=1S/C21H13ClN2O/c22-20-12-15(14-25)6-7-17(20)8-9-21-19(13-23)18(10-11-24-21)16-4-2-1-3-5-16/h1-12,14H/b9-8+. The summed E-state index contributed by atoms with van der Waals surface area (Å²) in [6.07, 6.45) is 5.97. The number of aldehydes is 1. The Morgan fingerprint density at radius 2 is 1.84 bits per heavy atom. The first-order valence-electron chi connectivity index (χ1n) is 7.60. The molecule has 0 aliphatic carbocycles. The van der Waals surface area contributed by atoms with E-state index in [2.05, 4.69) is 11.1 Å². The molecule has 0 atom stereocenters. The van der Waals surface area contributed by atoms with E-state index < -0.39 is 0 Å². The van der Waals surface area contributed by atoms with Crippen molar-refractivity contribution in [2.45, 2.75) is 0 Å². The number of aromatic nitrogens is 1. The fourth-order valence-electron chi connectivity index (χ4n) is 2.50. The highest BCUT2D eigenvalue weighted by Crippen LogP contribution is 2.26. The van der Waals surface area contributed by atoms with Crippen LogP contribution in [0.4, 0.5) is 0 Å². The Bertz CT molecular complexity index is 989. The topological polar surface area (TPSA) is 53.8 Å². The van der Waals surface area contributed by atoms with E-state index >= 15 is 0 Å². The molecule has 0 amide bonds. The molecule has 2 aromatic carbocycles. The maximum absolute atomic E-state index is 10.8. The fraction of sp³-hybridized carbons (Fsp3) is 0. The second kappa shape index (κ2) is 7.57. The van der Waals surface area contributed by atoms with Crippen LogP contribution in [0.25, 0.3) is 23.3 Å². The number of rotatable bonds is 4. The van der Waals surface area contributed by atoms with Crippen molar-refractivity contribution in [1.29, 1.82) is 5.26 Å². The first-order chi connectivity index (χ1) is 12.2. The van der Waals surface area contributed by atoms with Gasteiger partial charge in [0.2, 0.25) is 0 Å². The largest absolute Gasteiger partial charge is 0.298 e. The number of carbonyl (C=O) groups is 1. The van der Waals surface area contributed by atoms with Crippen LogP contribution < -0.4 is 0 Å². The number of hydrogen-bond acceptors (Lipinski definition) is 3.